The van der Waals surface area contributed by atoms with Gasteiger partial charge in [0, 0.05) is 58.4 Å². The van der Waals surface area contributed by atoms with Crippen molar-refractivity contribution in [3.8, 4) is 16.2 Å². The van der Waals surface area contributed by atoms with Gasteiger partial charge in [-0.05, 0) is 29.8 Å². The van der Waals surface area contributed by atoms with Crippen LogP contribution in [0.15, 0.2) is 30.5 Å². The van der Waals surface area contributed by atoms with Gasteiger partial charge in [-0.15, -0.1) is 0 Å². The molecule has 0 spiro atoms. The Bertz CT molecular complexity index is 1030. The van der Waals surface area contributed by atoms with Crippen molar-refractivity contribution < 1.29 is 28.3 Å². The van der Waals surface area contributed by atoms with Crippen molar-refractivity contribution in [3.05, 3.63) is 30.5 Å². The fourth-order valence-corrected chi connectivity index (χ4v) is 7.02. The lowest BCUT2D eigenvalue weighted by atomic mass is 9.98. The molecular weight excluding hydrogens is 444 g/mol. The molecule has 4 rings (SSSR count). The first-order valence-corrected chi connectivity index (χ1v) is 12.2. The Morgan fingerprint density at radius 1 is 1.13 bits per heavy atom. The molecule has 2 aromatic rings. The van der Waals surface area contributed by atoms with E-state index in [0.717, 1.165) is 15.6 Å². The zero-order chi connectivity index (χ0) is 22.1. The third kappa shape index (κ3) is 4.01. The molecule has 0 unspecified atom stereocenters. The number of aromatic nitrogens is 1. The largest absolute Gasteiger partial charge is 0.508 e. The fourth-order valence-electron chi connectivity index (χ4n) is 3.94. The van der Waals surface area contributed by atoms with Crippen molar-refractivity contribution in [3.63, 3.8) is 0 Å². The number of phenols is 1. The maximum absolute atomic E-state index is 13.4. The Morgan fingerprint density at radius 2 is 1.77 bits per heavy atom. The van der Waals surface area contributed by atoms with Gasteiger partial charge >= 0.3 is 0 Å². The lowest BCUT2D eigenvalue weighted by Gasteiger charge is -2.41. The molecule has 1 amide bonds. The number of nitrogens with one attached hydrogen (secondary N) is 1. The average Bonchev–Trinajstić information content (AvgIpc) is 3.29. The number of amides is 1. The second kappa shape index (κ2) is 8.71. The summed E-state index contributed by atoms with van der Waals surface area (Å²) in [6.07, 6.45) is 1.77. The van der Waals surface area contributed by atoms with Gasteiger partial charge in [0.05, 0.1) is 4.88 Å². The van der Waals surface area contributed by atoms with Gasteiger partial charge in [-0.1, -0.05) is 11.3 Å². The summed E-state index contributed by atoms with van der Waals surface area (Å²) in [7, 11) is -3.99. The summed E-state index contributed by atoms with van der Waals surface area (Å²) in [5.41, 5.74) is 2.49. The molecule has 168 valence electrons. The predicted octanol–water partition coefficient (Wildman–Crippen LogP) is 1.02. The molecule has 2 fully saturated rings. The zero-order valence-corrected chi connectivity index (χ0v) is 18.4. The minimum atomic E-state index is -3.99. The number of hydrogen-bond donors (Lipinski definition) is 3. The molecule has 12 heteroatoms. The predicted molar refractivity (Wildman–Crippen MR) is 115 cm³/mol. The van der Waals surface area contributed by atoms with E-state index in [-0.39, 0.29) is 44.9 Å². The Kier molecular flexibility index (Phi) is 6.17. The van der Waals surface area contributed by atoms with Gasteiger partial charge < -0.3 is 14.7 Å². The van der Waals surface area contributed by atoms with Gasteiger partial charge in [-0.3, -0.25) is 10.0 Å². The standard InChI is InChI=1S/C19H24N4O6S2/c24-15-3-1-14(2-4-15)16-13-20-18(30-16)22-7-9-23(10-8-22)31(27,28)19(17(25)21-26)5-11-29-12-6-19/h1-4,13,24,26H,5-12H2,(H,21,25). The van der Waals surface area contributed by atoms with Crippen LogP contribution in [0.1, 0.15) is 12.8 Å². The molecule has 10 nitrogen and oxygen atoms in total. The highest BCUT2D eigenvalue weighted by atomic mass is 32.2. The number of piperazine rings is 1. The average molecular weight is 469 g/mol. The van der Waals surface area contributed by atoms with Crippen LogP contribution in [0.4, 0.5) is 5.13 Å². The van der Waals surface area contributed by atoms with Gasteiger partial charge in [-0.25, -0.2) is 18.9 Å². The Hall–Kier alpha value is -2.25. The molecule has 2 aliphatic heterocycles. The number of ether oxygens (including phenoxy) is 1. The van der Waals surface area contributed by atoms with E-state index in [9.17, 15) is 18.3 Å². The number of nitrogens with zero attached hydrogens (tertiary/aromatic N) is 3. The Balaban J connectivity index is 1.47. The molecule has 3 N–H and O–H groups in total. The first-order chi connectivity index (χ1) is 14.9. The number of carbonyl (C=O) groups excluding carboxylic acids is 1. The molecule has 0 aliphatic carbocycles. The van der Waals surface area contributed by atoms with Crippen LogP contribution in [0, 0.1) is 0 Å². The normalized spacial score (nSPS) is 19.8. The second-order valence-electron chi connectivity index (χ2n) is 7.49. The second-order valence-corrected chi connectivity index (χ2v) is 10.7. The van der Waals surface area contributed by atoms with E-state index in [2.05, 4.69) is 4.98 Å². The molecule has 0 atom stereocenters. The highest BCUT2D eigenvalue weighted by Gasteiger charge is 2.54. The molecule has 1 aromatic carbocycles. The third-order valence-electron chi connectivity index (χ3n) is 5.80. The topological polar surface area (TPSA) is 132 Å². The molecule has 0 saturated carbocycles. The van der Waals surface area contributed by atoms with E-state index in [1.807, 2.05) is 17.0 Å². The van der Waals surface area contributed by atoms with Crippen molar-refractivity contribution in [2.45, 2.75) is 17.6 Å². The number of phenolic OH excluding ortho intramolecular Hbond substituents is 1. The van der Waals surface area contributed by atoms with Crippen LogP contribution in [0.5, 0.6) is 5.75 Å². The van der Waals surface area contributed by atoms with Crippen LogP contribution >= 0.6 is 11.3 Å². The van der Waals surface area contributed by atoms with Crippen molar-refractivity contribution in [2.24, 2.45) is 0 Å². The molecule has 1 aromatic heterocycles. The monoisotopic (exact) mass is 468 g/mol. The highest BCUT2D eigenvalue weighted by Crippen LogP contribution is 2.35. The van der Waals surface area contributed by atoms with E-state index in [1.165, 1.54) is 15.6 Å². The van der Waals surface area contributed by atoms with Gasteiger partial charge in [-0.2, -0.15) is 4.31 Å². The quantitative estimate of drug-likeness (QED) is 0.438. The van der Waals surface area contributed by atoms with Crippen LogP contribution in [0.25, 0.3) is 10.4 Å². The fraction of sp³-hybridized carbons (Fsp3) is 0.474. The van der Waals surface area contributed by atoms with E-state index >= 15 is 0 Å². The molecule has 2 aliphatic rings. The van der Waals surface area contributed by atoms with Gasteiger partial charge in [0.15, 0.2) is 9.88 Å². The van der Waals surface area contributed by atoms with Crippen LogP contribution in [-0.4, -0.2) is 78.1 Å². The Labute approximate surface area is 184 Å². The molecule has 31 heavy (non-hydrogen) atoms. The van der Waals surface area contributed by atoms with Crippen molar-refractivity contribution in [1.82, 2.24) is 14.8 Å². The summed E-state index contributed by atoms with van der Waals surface area (Å²) in [4.78, 5) is 19.8. The van der Waals surface area contributed by atoms with Crippen LogP contribution in [0.3, 0.4) is 0 Å². The summed E-state index contributed by atoms with van der Waals surface area (Å²) in [6, 6.07) is 6.87. The number of hydroxylamine groups is 1. The van der Waals surface area contributed by atoms with Crippen LogP contribution in [-0.2, 0) is 19.6 Å². The zero-order valence-electron chi connectivity index (χ0n) is 16.7. The van der Waals surface area contributed by atoms with Crippen molar-refractivity contribution in [1.29, 1.82) is 0 Å². The van der Waals surface area contributed by atoms with Crippen LogP contribution in [0.2, 0.25) is 0 Å². The number of hydrogen-bond acceptors (Lipinski definition) is 9. The summed E-state index contributed by atoms with van der Waals surface area (Å²) < 4.78 is 31.6. The number of carbonyl (C=O) groups is 1. The number of rotatable bonds is 5. The highest BCUT2D eigenvalue weighted by molar-refractivity contribution is 7.91. The minimum Gasteiger partial charge on any atom is -0.508 e. The maximum Gasteiger partial charge on any atom is 0.266 e. The number of thiazole rings is 1. The first-order valence-electron chi connectivity index (χ1n) is 9.89. The SMILES string of the molecule is O=C(NO)C1(S(=O)(=O)N2CCN(c3ncc(-c4ccc(O)cc4)s3)CC2)CCOCC1. The van der Waals surface area contributed by atoms with Gasteiger partial charge in [0.1, 0.15) is 5.75 Å². The van der Waals surface area contributed by atoms with E-state index < -0.39 is 20.7 Å². The third-order valence-corrected chi connectivity index (χ3v) is 9.54. The molecule has 0 radical (unpaired) electrons. The minimum absolute atomic E-state index is 0.00438. The summed E-state index contributed by atoms with van der Waals surface area (Å²) in [5, 5.41) is 19.4. The number of aromatic hydroxyl groups is 1. The first kappa shape index (κ1) is 22.0. The van der Waals surface area contributed by atoms with Crippen molar-refractivity contribution >= 4 is 32.4 Å². The number of anilines is 1. The molecule has 3 heterocycles. The van der Waals surface area contributed by atoms with Crippen LogP contribution < -0.4 is 10.4 Å². The lowest BCUT2D eigenvalue weighted by molar-refractivity contribution is -0.134. The number of sulfonamides is 1. The lowest BCUT2D eigenvalue weighted by Crippen LogP contribution is -2.62. The van der Waals surface area contributed by atoms with Crippen molar-refractivity contribution in [2.75, 3.05) is 44.3 Å². The summed E-state index contributed by atoms with van der Waals surface area (Å²) in [5.74, 6) is -0.709. The smallest absolute Gasteiger partial charge is 0.266 e. The van der Waals surface area contributed by atoms with E-state index in [1.54, 1.807) is 23.8 Å². The maximum atomic E-state index is 13.4. The molecule has 2 saturated heterocycles. The van der Waals surface area contributed by atoms with Gasteiger partial charge in [0.2, 0.25) is 10.0 Å². The summed E-state index contributed by atoms with van der Waals surface area (Å²) >= 11 is 1.49. The number of benzene rings is 1. The Morgan fingerprint density at radius 3 is 2.39 bits per heavy atom. The molecule has 0 bridgehead atoms. The molecular formula is C19H24N4O6S2. The van der Waals surface area contributed by atoms with E-state index in [0.29, 0.717) is 13.1 Å². The van der Waals surface area contributed by atoms with Gasteiger partial charge in [0.25, 0.3) is 5.91 Å². The summed E-state index contributed by atoms with van der Waals surface area (Å²) in [6.45, 7) is 1.61. The van der Waals surface area contributed by atoms with E-state index in [4.69, 9.17) is 9.94 Å².